The lowest BCUT2D eigenvalue weighted by Crippen LogP contribution is -2.24. The van der Waals surface area contributed by atoms with Crippen LogP contribution in [0.15, 0.2) is 30.5 Å². The van der Waals surface area contributed by atoms with E-state index in [-0.39, 0.29) is 0 Å². The van der Waals surface area contributed by atoms with Gasteiger partial charge in [0, 0.05) is 12.6 Å². The molecule has 0 aliphatic carbocycles. The van der Waals surface area contributed by atoms with Crippen molar-refractivity contribution < 1.29 is 0 Å². The van der Waals surface area contributed by atoms with Gasteiger partial charge in [-0.2, -0.15) is 0 Å². The van der Waals surface area contributed by atoms with Gasteiger partial charge in [0.2, 0.25) is 0 Å². The van der Waals surface area contributed by atoms with Gasteiger partial charge in [-0.1, -0.05) is 12.1 Å². The zero-order chi connectivity index (χ0) is 11.7. The highest BCUT2D eigenvalue weighted by Gasteiger charge is 2.19. The van der Waals surface area contributed by atoms with Gasteiger partial charge in [0.1, 0.15) is 5.82 Å². The summed E-state index contributed by atoms with van der Waals surface area (Å²) in [6, 6.07) is 8.44. The van der Waals surface area contributed by atoms with Gasteiger partial charge in [-0.3, -0.25) is 4.98 Å². The number of likely N-dealkylation sites (N-methyl/N-ethyl adjacent to an activating group) is 1. The van der Waals surface area contributed by atoms with Crippen LogP contribution in [0.25, 0.3) is 11.0 Å². The van der Waals surface area contributed by atoms with Crippen LogP contribution in [0.4, 0.5) is 5.82 Å². The molecule has 1 aliphatic rings. The molecule has 0 radical (unpaired) electrons. The molecule has 1 aliphatic heterocycles. The standard InChI is InChI=1S/C13H16N4/c1-17-7-6-10(9-17)15-13-8-14-11-4-2-3-5-12(11)16-13/h2-5,8,10H,6-7,9H2,1H3,(H,15,16). The molecule has 0 saturated carbocycles. The summed E-state index contributed by atoms with van der Waals surface area (Å²) in [7, 11) is 2.15. The Morgan fingerprint density at radius 2 is 2.12 bits per heavy atom. The number of aromatic nitrogens is 2. The minimum atomic E-state index is 0.496. The van der Waals surface area contributed by atoms with Crippen LogP contribution in [0.2, 0.25) is 0 Å². The number of likely N-dealkylation sites (tertiary alicyclic amines) is 1. The van der Waals surface area contributed by atoms with E-state index in [9.17, 15) is 0 Å². The first-order valence-electron chi connectivity index (χ1n) is 5.98. The van der Waals surface area contributed by atoms with Gasteiger partial charge in [0.25, 0.3) is 0 Å². The summed E-state index contributed by atoms with van der Waals surface area (Å²) in [6.45, 7) is 2.23. The molecule has 0 amide bonds. The van der Waals surface area contributed by atoms with Crippen molar-refractivity contribution in [1.82, 2.24) is 14.9 Å². The fourth-order valence-electron chi connectivity index (χ4n) is 2.29. The fraction of sp³-hybridized carbons (Fsp3) is 0.385. The van der Waals surface area contributed by atoms with Crippen molar-refractivity contribution in [3.8, 4) is 0 Å². The number of anilines is 1. The lowest BCUT2D eigenvalue weighted by atomic mass is 10.2. The third-order valence-corrected chi connectivity index (χ3v) is 3.19. The van der Waals surface area contributed by atoms with E-state index < -0.39 is 0 Å². The predicted molar refractivity (Wildman–Crippen MR) is 69.1 cm³/mol. The maximum atomic E-state index is 4.57. The summed E-state index contributed by atoms with van der Waals surface area (Å²) < 4.78 is 0. The summed E-state index contributed by atoms with van der Waals surface area (Å²) in [5, 5.41) is 3.45. The zero-order valence-electron chi connectivity index (χ0n) is 9.93. The molecule has 1 unspecified atom stereocenters. The van der Waals surface area contributed by atoms with Gasteiger partial charge in [-0.25, -0.2) is 4.98 Å². The van der Waals surface area contributed by atoms with Crippen molar-refractivity contribution in [3.63, 3.8) is 0 Å². The average Bonchev–Trinajstić information content (AvgIpc) is 2.75. The SMILES string of the molecule is CN1CCC(Nc2cnc3ccccc3n2)C1. The van der Waals surface area contributed by atoms with Crippen LogP contribution < -0.4 is 5.32 Å². The zero-order valence-corrected chi connectivity index (χ0v) is 9.93. The summed E-state index contributed by atoms with van der Waals surface area (Å²) >= 11 is 0. The van der Waals surface area contributed by atoms with Crippen LogP contribution in [0.1, 0.15) is 6.42 Å². The maximum Gasteiger partial charge on any atom is 0.145 e. The molecule has 1 fully saturated rings. The predicted octanol–water partition coefficient (Wildman–Crippen LogP) is 1.75. The highest BCUT2D eigenvalue weighted by molar-refractivity contribution is 5.75. The quantitative estimate of drug-likeness (QED) is 0.850. The van der Waals surface area contributed by atoms with Crippen molar-refractivity contribution in [2.45, 2.75) is 12.5 Å². The largest absolute Gasteiger partial charge is 0.365 e. The first-order chi connectivity index (χ1) is 8.31. The fourth-order valence-corrected chi connectivity index (χ4v) is 2.29. The smallest absolute Gasteiger partial charge is 0.145 e. The Morgan fingerprint density at radius 1 is 1.29 bits per heavy atom. The highest BCUT2D eigenvalue weighted by Crippen LogP contribution is 2.15. The average molecular weight is 228 g/mol. The Labute approximate surface area is 101 Å². The normalized spacial score (nSPS) is 20.9. The van der Waals surface area contributed by atoms with Crippen molar-refractivity contribution in [1.29, 1.82) is 0 Å². The first-order valence-corrected chi connectivity index (χ1v) is 5.98. The number of nitrogens with zero attached hydrogens (tertiary/aromatic N) is 3. The van der Waals surface area contributed by atoms with Crippen LogP contribution in [0.3, 0.4) is 0 Å². The number of hydrogen-bond donors (Lipinski definition) is 1. The molecule has 1 saturated heterocycles. The van der Waals surface area contributed by atoms with Gasteiger partial charge < -0.3 is 10.2 Å². The van der Waals surface area contributed by atoms with Crippen molar-refractivity contribution >= 4 is 16.9 Å². The summed E-state index contributed by atoms with van der Waals surface area (Å²) in [4.78, 5) is 11.3. The monoisotopic (exact) mass is 228 g/mol. The Balaban J connectivity index is 1.81. The second-order valence-corrected chi connectivity index (χ2v) is 4.64. The van der Waals surface area contributed by atoms with E-state index in [0.29, 0.717) is 6.04 Å². The van der Waals surface area contributed by atoms with Gasteiger partial charge >= 0.3 is 0 Å². The van der Waals surface area contributed by atoms with Crippen LogP contribution in [0.5, 0.6) is 0 Å². The maximum absolute atomic E-state index is 4.57. The lowest BCUT2D eigenvalue weighted by molar-refractivity contribution is 0.414. The molecule has 2 heterocycles. The van der Waals surface area contributed by atoms with Crippen LogP contribution in [-0.2, 0) is 0 Å². The van der Waals surface area contributed by atoms with E-state index in [1.165, 1.54) is 6.42 Å². The minimum Gasteiger partial charge on any atom is -0.365 e. The van der Waals surface area contributed by atoms with Gasteiger partial charge in [-0.15, -0.1) is 0 Å². The second-order valence-electron chi connectivity index (χ2n) is 4.64. The summed E-state index contributed by atoms with van der Waals surface area (Å²) in [6.07, 6.45) is 2.99. The third-order valence-electron chi connectivity index (χ3n) is 3.19. The van der Waals surface area contributed by atoms with Gasteiger partial charge in [0.05, 0.1) is 17.2 Å². The molecule has 0 spiro atoms. The molecule has 1 N–H and O–H groups in total. The number of fused-ring (bicyclic) bond motifs is 1. The van der Waals surface area contributed by atoms with Gasteiger partial charge in [-0.05, 0) is 32.1 Å². The molecule has 3 rings (SSSR count). The van der Waals surface area contributed by atoms with Crippen molar-refractivity contribution in [2.75, 3.05) is 25.5 Å². The van der Waals surface area contributed by atoms with Crippen molar-refractivity contribution in [2.24, 2.45) is 0 Å². The lowest BCUT2D eigenvalue weighted by Gasteiger charge is -2.13. The molecule has 88 valence electrons. The molecule has 1 aromatic carbocycles. The van der Waals surface area contributed by atoms with E-state index in [0.717, 1.165) is 29.9 Å². The molecular weight excluding hydrogens is 212 g/mol. The van der Waals surface area contributed by atoms with E-state index in [4.69, 9.17) is 0 Å². The molecule has 1 aromatic heterocycles. The Kier molecular flexibility index (Phi) is 2.65. The van der Waals surface area contributed by atoms with E-state index >= 15 is 0 Å². The molecule has 4 heteroatoms. The van der Waals surface area contributed by atoms with E-state index in [1.54, 1.807) is 0 Å². The summed E-state index contributed by atoms with van der Waals surface area (Å²) in [5.74, 6) is 0.879. The number of nitrogens with one attached hydrogen (secondary N) is 1. The Hall–Kier alpha value is -1.68. The molecule has 4 nitrogen and oxygen atoms in total. The molecule has 17 heavy (non-hydrogen) atoms. The topological polar surface area (TPSA) is 41.0 Å². The van der Waals surface area contributed by atoms with Crippen LogP contribution >= 0.6 is 0 Å². The number of rotatable bonds is 2. The van der Waals surface area contributed by atoms with Gasteiger partial charge in [0.15, 0.2) is 0 Å². The summed E-state index contributed by atoms with van der Waals surface area (Å²) in [5.41, 5.74) is 1.89. The molecule has 2 aromatic rings. The van der Waals surface area contributed by atoms with E-state index in [1.807, 2.05) is 30.5 Å². The first kappa shape index (κ1) is 10.5. The molecular formula is C13H16N4. The minimum absolute atomic E-state index is 0.496. The van der Waals surface area contributed by atoms with Crippen molar-refractivity contribution in [3.05, 3.63) is 30.5 Å². The second kappa shape index (κ2) is 4.30. The van der Waals surface area contributed by atoms with E-state index in [2.05, 4.69) is 27.2 Å². The molecule has 1 atom stereocenters. The molecule has 0 bridgehead atoms. The Bertz CT molecular complexity index is 526. The highest BCUT2D eigenvalue weighted by atomic mass is 15.2. The number of benzene rings is 1. The van der Waals surface area contributed by atoms with Crippen LogP contribution in [-0.4, -0.2) is 41.0 Å². The number of hydrogen-bond acceptors (Lipinski definition) is 4. The Morgan fingerprint density at radius 3 is 2.88 bits per heavy atom. The van der Waals surface area contributed by atoms with Crippen LogP contribution in [0, 0.1) is 0 Å². The number of para-hydroxylation sites is 2. The third kappa shape index (κ3) is 2.22.